The number of halogens is 1. The highest BCUT2D eigenvalue weighted by atomic mass is 35.5. The Morgan fingerprint density at radius 2 is 1.72 bits per heavy atom. The quantitative estimate of drug-likeness (QED) is 0.720. The van der Waals surface area contributed by atoms with E-state index in [0.717, 1.165) is 5.56 Å². The van der Waals surface area contributed by atoms with Crippen molar-refractivity contribution in [2.24, 2.45) is 0 Å². The number of phenolic OH excluding ortho intramolecular Hbond substituents is 1. The second kappa shape index (κ2) is 7.56. The number of carbonyl (C=O) groups is 2. The fourth-order valence-corrected chi connectivity index (χ4v) is 3.67. The number of aliphatic hydroxyl groups excluding tert-OH is 1. The lowest BCUT2D eigenvalue weighted by Crippen LogP contribution is -2.31. The van der Waals surface area contributed by atoms with Crippen molar-refractivity contribution in [3.8, 4) is 5.75 Å². The maximum Gasteiger partial charge on any atom is 0.294 e. The summed E-state index contributed by atoms with van der Waals surface area (Å²) in [6, 6.07) is 11.0. The lowest BCUT2D eigenvalue weighted by atomic mass is 9.85. The molecule has 0 bridgehead atoms. The number of Topliss-reactive ketones (excluding diaryl/α,β-unsaturated/α-hetero) is 1. The van der Waals surface area contributed by atoms with E-state index in [1.54, 1.807) is 6.92 Å². The van der Waals surface area contributed by atoms with E-state index in [1.807, 2.05) is 24.3 Å². The Morgan fingerprint density at radius 3 is 2.28 bits per heavy atom. The molecule has 0 saturated carbocycles. The van der Waals surface area contributed by atoms with E-state index in [-0.39, 0.29) is 34.6 Å². The molecule has 3 rings (SSSR count). The Hall–Kier alpha value is -2.79. The highest BCUT2D eigenvalue weighted by Gasteiger charge is 2.44. The zero-order valence-electron chi connectivity index (χ0n) is 16.9. The van der Waals surface area contributed by atoms with Gasteiger partial charge >= 0.3 is 0 Å². The molecule has 1 unspecified atom stereocenters. The summed E-state index contributed by atoms with van der Waals surface area (Å²) in [6.07, 6.45) is 0.138. The van der Waals surface area contributed by atoms with E-state index >= 15 is 0 Å². The number of benzene rings is 2. The van der Waals surface area contributed by atoms with E-state index in [4.69, 9.17) is 11.6 Å². The number of amides is 1. The molecule has 0 fully saturated rings. The normalized spacial score (nSPS) is 17.2. The fraction of sp³-hybridized carbons (Fsp3) is 0.304. The van der Waals surface area contributed by atoms with Crippen molar-refractivity contribution in [3.05, 3.63) is 69.9 Å². The molecule has 0 aliphatic carbocycles. The van der Waals surface area contributed by atoms with E-state index in [2.05, 4.69) is 20.8 Å². The zero-order valence-corrected chi connectivity index (χ0v) is 17.6. The molecule has 0 spiro atoms. The third-order valence-corrected chi connectivity index (χ3v) is 5.35. The smallest absolute Gasteiger partial charge is 0.294 e. The Morgan fingerprint density at radius 1 is 1.10 bits per heavy atom. The maximum atomic E-state index is 12.9. The lowest BCUT2D eigenvalue weighted by Gasteiger charge is -2.28. The van der Waals surface area contributed by atoms with Crippen LogP contribution in [-0.2, 0) is 15.0 Å². The highest BCUT2D eigenvalue weighted by Crippen LogP contribution is 2.45. The predicted octanol–water partition coefficient (Wildman–Crippen LogP) is 5.22. The monoisotopic (exact) mass is 413 g/mol. The molecule has 0 radical (unpaired) electrons. The Kier molecular flexibility index (Phi) is 5.46. The van der Waals surface area contributed by atoms with Gasteiger partial charge in [-0.2, -0.15) is 0 Å². The number of hydrogen-bond acceptors (Lipinski definition) is 4. The van der Waals surface area contributed by atoms with Gasteiger partial charge in [0.15, 0.2) is 11.5 Å². The average Bonchev–Trinajstić information content (AvgIpc) is 2.93. The maximum absolute atomic E-state index is 12.9. The summed E-state index contributed by atoms with van der Waals surface area (Å²) in [4.78, 5) is 26.8. The number of phenols is 1. The van der Waals surface area contributed by atoms with Crippen molar-refractivity contribution in [2.45, 2.75) is 45.6 Å². The van der Waals surface area contributed by atoms with Crippen molar-refractivity contribution in [1.29, 1.82) is 0 Å². The van der Waals surface area contributed by atoms with Crippen LogP contribution < -0.4 is 4.90 Å². The molecule has 2 N–H and O–H groups in total. The second-order valence-electron chi connectivity index (χ2n) is 8.12. The number of anilines is 1. The van der Waals surface area contributed by atoms with Gasteiger partial charge in [-0.05, 0) is 34.7 Å². The first-order valence-electron chi connectivity index (χ1n) is 9.45. The average molecular weight is 414 g/mol. The van der Waals surface area contributed by atoms with E-state index in [0.29, 0.717) is 10.6 Å². The molecule has 5 nitrogen and oxygen atoms in total. The molecule has 6 heteroatoms. The van der Waals surface area contributed by atoms with Gasteiger partial charge in [-0.3, -0.25) is 14.5 Å². The molecule has 1 atom stereocenters. The molecule has 1 aliphatic rings. The van der Waals surface area contributed by atoms with Gasteiger partial charge in [0.1, 0.15) is 5.75 Å². The summed E-state index contributed by atoms with van der Waals surface area (Å²) in [5.41, 5.74) is 1.86. The minimum atomic E-state index is -0.853. The van der Waals surface area contributed by atoms with Gasteiger partial charge in [0.05, 0.1) is 17.3 Å². The first-order valence-corrected chi connectivity index (χ1v) is 9.83. The van der Waals surface area contributed by atoms with Crippen LogP contribution in [0.5, 0.6) is 5.75 Å². The van der Waals surface area contributed by atoms with Crippen LogP contribution >= 0.6 is 11.6 Å². The molecule has 2 aromatic rings. The topological polar surface area (TPSA) is 77.8 Å². The van der Waals surface area contributed by atoms with Crippen molar-refractivity contribution in [2.75, 3.05) is 4.90 Å². The second-order valence-corrected chi connectivity index (χ2v) is 8.56. The summed E-state index contributed by atoms with van der Waals surface area (Å²) in [7, 11) is 0. The number of aliphatic hydroxyl groups is 1. The molecule has 0 aromatic heterocycles. The van der Waals surface area contributed by atoms with Gasteiger partial charge in [-0.1, -0.05) is 63.6 Å². The number of aromatic hydroxyl groups is 1. The van der Waals surface area contributed by atoms with E-state index in [9.17, 15) is 19.8 Å². The Bertz CT molecular complexity index is 1000. The minimum Gasteiger partial charge on any atom is -0.506 e. The Labute approximate surface area is 175 Å². The van der Waals surface area contributed by atoms with Gasteiger partial charge in [0.25, 0.3) is 5.91 Å². The number of hydrogen-bond donors (Lipinski definition) is 2. The number of nitrogens with zero attached hydrogens (tertiary/aromatic N) is 1. The summed E-state index contributed by atoms with van der Waals surface area (Å²) < 4.78 is 0. The van der Waals surface area contributed by atoms with Crippen LogP contribution in [0.15, 0.2) is 53.8 Å². The third kappa shape index (κ3) is 3.75. The summed E-state index contributed by atoms with van der Waals surface area (Å²) in [5.74, 6) is -1.84. The molecule has 29 heavy (non-hydrogen) atoms. The summed E-state index contributed by atoms with van der Waals surface area (Å²) >= 11 is 6.08. The van der Waals surface area contributed by atoms with Gasteiger partial charge in [-0.15, -0.1) is 0 Å². The van der Waals surface area contributed by atoms with E-state index < -0.39 is 17.7 Å². The van der Waals surface area contributed by atoms with Gasteiger partial charge in [0.2, 0.25) is 0 Å². The van der Waals surface area contributed by atoms with Crippen LogP contribution in [0.25, 0.3) is 0 Å². The SMILES string of the molecule is CCC(=O)C1=C(O)C(=O)N(c2cc(Cl)ccc2O)C1c1ccc(C(C)(C)C)cc1. The molecule has 0 saturated heterocycles. The first kappa shape index (κ1) is 20.9. The van der Waals surface area contributed by atoms with Crippen LogP contribution in [0.1, 0.15) is 51.3 Å². The van der Waals surface area contributed by atoms with Crippen LogP contribution in [0, 0.1) is 0 Å². The summed E-state index contributed by atoms with van der Waals surface area (Å²) in [6.45, 7) is 7.95. The largest absolute Gasteiger partial charge is 0.506 e. The molecule has 1 amide bonds. The van der Waals surface area contributed by atoms with Crippen LogP contribution in [0.2, 0.25) is 5.02 Å². The number of carbonyl (C=O) groups excluding carboxylic acids is 2. The van der Waals surface area contributed by atoms with Crippen LogP contribution in [-0.4, -0.2) is 21.9 Å². The minimum absolute atomic E-state index is 0.0281. The zero-order chi connectivity index (χ0) is 21.5. The molecule has 1 aliphatic heterocycles. The van der Waals surface area contributed by atoms with Gasteiger partial charge < -0.3 is 10.2 Å². The van der Waals surface area contributed by atoms with Crippen molar-refractivity contribution in [3.63, 3.8) is 0 Å². The standard InChI is InChI=1S/C23H24ClNO4/c1-5-17(26)19-20(13-6-8-14(9-7-13)23(2,3)4)25(22(29)21(19)28)16-12-15(24)10-11-18(16)27/h6-12,20,27-28H,5H2,1-4H3. The predicted molar refractivity (Wildman–Crippen MR) is 113 cm³/mol. The molecule has 1 heterocycles. The number of rotatable bonds is 4. The van der Waals surface area contributed by atoms with Crippen molar-refractivity contribution in [1.82, 2.24) is 0 Å². The third-order valence-electron chi connectivity index (χ3n) is 5.12. The fourth-order valence-electron chi connectivity index (χ4n) is 3.50. The van der Waals surface area contributed by atoms with Gasteiger partial charge in [0, 0.05) is 11.4 Å². The van der Waals surface area contributed by atoms with E-state index in [1.165, 1.54) is 23.1 Å². The molecular weight excluding hydrogens is 390 g/mol. The molecule has 152 valence electrons. The highest BCUT2D eigenvalue weighted by molar-refractivity contribution is 6.31. The molecular formula is C23H24ClNO4. The van der Waals surface area contributed by atoms with Crippen molar-refractivity contribution < 1.29 is 19.8 Å². The van der Waals surface area contributed by atoms with Crippen LogP contribution in [0.4, 0.5) is 5.69 Å². The summed E-state index contributed by atoms with van der Waals surface area (Å²) in [5, 5.41) is 21.2. The van der Waals surface area contributed by atoms with Crippen molar-refractivity contribution >= 4 is 29.0 Å². The van der Waals surface area contributed by atoms with Crippen LogP contribution in [0.3, 0.4) is 0 Å². The Balaban J connectivity index is 2.19. The first-order chi connectivity index (χ1) is 13.6. The number of ketones is 1. The molecule has 2 aromatic carbocycles. The lowest BCUT2D eigenvalue weighted by molar-refractivity contribution is -0.118. The van der Waals surface area contributed by atoms with Gasteiger partial charge in [-0.25, -0.2) is 0 Å².